The van der Waals surface area contributed by atoms with Gasteiger partial charge in [0, 0.05) is 61.5 Å². The van der Waals surface area contributed by atoms with E-state index < -0.39 is 41.4 Å². The predicted octanol–water partition coefficient (Wildman–Crippen LogP) is 10.3. The molecule has 0 spiro atoms. The number of carbonyl (C=O) groups is 4. The van der Waals surface area contributed by atoms with Gasteiger partial charge in [-0.05, 0) is 105 Å². The highest BCUT2D eigenvalue weighted by Gasteiger charge is 2.46. The molecule has 4 atom stereocenters. The van der Waals surface area contributed by atoms with Gasteiger partial charge < -0.3 is 39.0 Å². The summed E-state index contributed by atoms with van der Waals surface area (Å²) in [6.07, 6.45) is 10.9. The molecule has 3 amide bonds. The lowest BCUT2D eigenvalue weighted by Gasteiger charge is -2.35. The average molecular weight is 999 g/mol. The van der Waals surface area contributed by atoms with Crippen molar-refractivity contribution in [2.45, 2.75) is 131 Å². The summed E-state index contributed by atoms with van der Waals surface area (Å²) in [7, 11) is 0. The normalized spacial score (nSPS) is 15.5. The maximum atomic E-state index is 14.4. The largest absolute Gasteiger partial charge is 0.461 e. The Bertz CT molecular complexity index is 2740. The molecule has 16 heteroatoms. The van der Waals surface area contributed by atoms with E-state index in [9.17, 15) is 19.2 Å². The molecule has 0 aliphatic carbocycles. The minimum atomic E-state index is -0.965. The molecule has 1 fully saturated rings. The van der Waals surface area contributed by atoms with Crippen LogP contribution in [-0.2, 0) is 28.7 Å². The lowest BCUT2D eigenvalue weighted by Crippen LogP contribution is -2.58. The van der Waals surface area contributed by atoms with E-state index in [1.165, 1.54) is 17.4 Å². The molecule has 15 nitrogen and oxygen atoms in total. The molecule has 382 valence electrons. The molecular weight excluding hydrogens is 929 g/mol. The number of carbonyl (C=O) groups excluding carboxylic acids is 4. The average Bonchev–Trinajstić information content (AvgIpc) is 4.19. The Morgan fingerprint density at radius 1 is 0.889 bits per heavy atom. The number of ether oxygens (including phenoxy) is 2. The van der Waals surface area contributed by atoms with Gasteiger partial charge in [-0.3, -0.25) is 19.2 Å². The first-order chi connectivity index (χ1) is 34.5. The summed E-state index contributed by atoms with van der Waals surface area (Å²) in [5.74, 6) is -0.899. The quantitative estimate of drug-likeness (QED) is 0.0489. The zero-order valence-electron chi connectivity index (χ0n) is 43.2. The summed E-state index contributed by atoms with van der Waals surface area (Å²) < 4.78 is 18.9. The summed E-state index contributed by atoms with van der Waals surface area (Å²) in [6, 6.07) is 20.8. The number of nitrogens with zero attached hydrogens (tertiary/aromatic N) is 6. The number of unbranched alkanes of at least 4 members (excludes halogenated alkanes) is 5. The van der Waals surface area contributed by atoms with Gasteiger partial charge in [-0.2, -0.15) is 0 Å². The van der Waals surface area contributed by atoms with Gasteiger partial charge in [0.1, 0.15) is 30.6 Å². The van der Waals surface area contributed by atoms with E-state index in [1.807, 2.05) is 89.0 Å². The van der Waals surface area contributed by atoms with E-state index in [4.69, 9.17) is 14.0 Å². The molecule has 0 radical (unpaired) electrons. The molecule has 2 N–H and O–H groups in total. The first-order valence-corrected chi connectivity index (χ1v) is 25.9. The van der Waals surface area contributed by atoms with Crippen molar-refractivity contribution in [2.75, 3.05) is 31.2 Å². The number of hydrogen-bond acceptors (Lipinski definition) is 12. The molecule has 7 rings (SSSR count). The summed E-state index contributed by atoms with van der Waals surface area (Å²) >= 11 is 1.58. The van der Waals surface area contributed by atoms with E-state index in [0.717, 1.165) is 106 Å². The van der Waals surface area contributed by atoms with Crippen LogP contribution in [0.1, 0.15) is 114 Å². The van der Waals surface area contributed by atoms with E-state index in [-0.39, 0.29) is 31.5 Å². The Morgan fingerprint density at radius 2 is 1.60 bits per heavy atom. The highest BCUT2D eigenvalue weighted by atomic mass is 32.1. The first kappa shape index (κ1) is 53.2. The smallest absolute Gasteiger partial charge is 0.302 e. The summed E-state index contributed by atoms with van der Waals surface area (Å²) in [5.41, 5.74) is 11.5. The van der Waals surface area contributed by atoms with Gasteiger partial charge in [0.25, 0.3) is 0 Å². The van der Waals surface area contributed by atoms with Crippen LogP contribution in [0.25, 0.3) is 27.3 Å². The number of hydrogen-bond donors (Lipinski definition) is 2. The van der Waals surface area contributed by atoms with Gasteiger partial charge in [-0.15, -0.1) is 11.3 Å². The topological polar surface area (TPSA) is 174 Å². The Morgan fingerprint density at radius 3 is 2.24 bits per heavy atom. The fourth-order valence-corrected chi connectivity index (χ4v) is 10.2. The number of aryl methyl sites for hydroxylation is 4. The monoisotopic (exact) mass is 999 g/mol. The first-order valence-electron chi connectivity index (χ1n) is 25.0. The second kappa shape index (κ2) is 24.2. The molecule has 3 aromatic heterocycles. The molecule has 72 heavy (non-hydrogen) atoms. The standard InChI is InChI=1S/C56H70N8O7S/c1-36-16-17-44(51-38(3)61-71-40(51)5)30-48(36)63(46-24-22-45(23-25-46)62-28-26-57-34-62)27-14-12-10-11-13-15-29-69-33-50(66)60-53(56(7,8)9)55(68)64-32-47(70-41(6)65)31-49(64)54(67)59-37(2)42-18-20-43(21-19-42)52-39(4)58-35-72-52/h16-26,28,30,34-35,37,47,49,53H,10-15,27,29,31-33H2,1-9H3,(H,59,67)(H,60,66)/t37-,47+,49-,53+/m0/s1. The molecule has 0 saturated carbocycles. The van der Waals surface area contributed by atoms with Crippen LogP contribution in [0, 0.1) is 33.1 Å². The van der Waals surface area contributed by atoms with Crippen LogP contribution in [0.4, 0.5) is 11.4 Å². The van der Waals surface area contributed by atoms with Crippen molar-refractivity contribution in [2.24, 2.45) is 5.41 Å². The minimum Gasteiger partial charge on any atom is -0.461 e. The summed E-state index contributed by atoms with van der Waals surface area (Å²) in [4.78, 5) is 67.2. The molecular formula is C56H70N8O7S. The van der Waals surface area contributed by atoms with Gasteiger partial charge in [-0.25, -0.2) is 9.97 Å². The zero-order valence-corrected chi connectivity index (χ0v) is 44.0. The van der Waals surface area contributed by atoms with Crippen LogP contribution in [0.5, 0.6) is 0 Å². The van der Waals surface area contributed by atoms with Crippen molar-refractivity contribution in [1.29, 1.82) is 0 Å². The number of imidazole rings is 1. The number of nitrogens with one attached hydrogen (secondary N) is 2. The number of esters is 1. The van der Waals surface area contributed by atoms with Crippen molar-refractivity contribution in [3.8, 4) is 27.3 Å². The number of benzene rings is 3. The Hall–Kier alpha value is -6.65. The van der Waals surface area contributed by atoms with Crippen molar-refractivity contribution in [1.82, 2.24) is 35.2 Å². The molecule has 6 aromatic rings. The molecule has 4 heterocycles. The van der Waals surface area contributed by atoms with Crippen molar-refractivity contribution >= 4 is 46.4 Å². The summed E-state index contributed by atoms with van der Waals surface area (Å²) in [6.45, 7) is 17.9. The fraction of sp³-hybridized carbons (Fsp3) is 0.446. The third-order valence-corrected chi connectivity index (χ3v) is 14.3. The van der Waals surface area contributed by atoms with Crippen LogP contribution in [0.15, 0.2) is 95.5 Å². The Balaban J connectivity index is 0.877. The Kier molecular flexibility index (Phi) is 17.9. The van der Waals surface area contributed by atoms with E-state index in [2.05, 4.69) is 80.0 Å². The third-order valence-electron chi connectivity index (χ3n) is 13.3. The molecule has 1 saturated heterocycles. The number of rotatable bonds is 22. The van der Waals surface area contributed by atoms with Gasteiger partial charge in [0.15, 0.2) is 0 Å². The molecule has 0 bridgehead atoms. The number of amides is 3. The predicted molar refractivity (Wildman–Crippen MR) is 281 cm³/mol. The SMILES string of the molecule is CC(=O)O[C@@H]1C[C@@H](C(=O)N[C@@H](C)c2ccc(-c3scnc3C)cc2)N(C(=O)[C@@H](NC(=O)COCCCCCCCCN(c2ccc(-n3ccnc3)cc2)c2cc(-c3c(C)noc3C)ccc2C)C(C)(C)C)C1. The van der Waals surface area contributed by atoms with Gasteiger partial charge in [-0.1, -0.05) is 88.0 Å². The highest BCUT2D eigenvalue weighted by Crippen LogP contribution is 2.36. The third kappa shape index (κ3) is 13.4. The molecule has 1 aliphatic heterocycles. The van der Waals surface area contributed by atoms with Crippen LogP contribution >= 0.6 is 11.3 Å². The second-order valence-electron chi connectivity index (χ2n) is 20.0. The van der Waals surface area contributed by atoms with Gasteiger partial charge >= 0.3 is 5.97 Å². The van der Waals surface area contributed by atoms with Crippen molar-refractivity contribution < 1.29 is 33.2 Å². The number of likely N-dealkylation sites (tertiary alicyclic amines) is 1. The maximum Gasteiger partial charge on any atom is 0.302 e. The van der Waals surface area contributed by atoms with Crippen LogP contribution < -0.4 is 15.5 Å². The highest BCUT2D eigenvalue weighted by molar-refractivity contribution is 7.13. The minimum absolute atomic E-state index is 0.0320. The zero-order chi connectivity index (χ0) is 51.5. The van der Waals surface area contributed by atoms with Crippen molar-refractivity contribution in [3.05, 3.63) is 119 Å². The number of aromatic nitrogens is 4. The number of anilines is 2. The van der Waals surface area contributed by atoms with Gasteiger partial charge in [0.2, 0.25) is 17.7 Å². The summed E-state index contributed by atoms with van der Waals surface area (Å²) in [5, 5.41) is 10.2. The van der Waals surface area contributed by atoms with Crippen LogP contribution in [0.3, 0.4) is 0 Å². The maximum absolute atomic E-state index is 14.4. The number of thiazole rings is 1. The molecule has 3 aromatic carbocycles. The lowest BCUT2D eigenvalue weighted by molar-refractivity contribution is -0.147. The molecule has 1 aliphatic rings. The lowest BCUT2D eigenvalue weighted by atomic mass is 9.85. The van der Waals surface area contributed by atoms with Crippen LogP contribution in [0.2, 0.25) is 0 Å². The van der Waals surface area contributed by atoms with E-state index in [1.54, 1.807) is 23.9 Å². The molecule has 0 unspecified atom stereocenters. The van der Waals surface area contributed by atoms with Gasteiger partial charge in [0.05, 0.1) is 40.7 Å². The second-order valence-corrected chi connectivity index (χ2v) is 20.8. The van der Waals surface area contributed by atoms with E-state index >= 15 is 0 Å². The Labute approximate surface area is 427 Å². The van der Waals surface area contributed by atoms with Crippen LogP contribution in [-0.4, -0.2) is 92.8 Å². The fourth-order valence-electron chi connectivity index (χ4n) is 9.42. The van der Waals surface area contributed by atoms with E-state index in [0.29, 0.717) is 6.61 Å². The van der Waals surface area contributed by atoms with Crippen molar-refractivity contribution in [3.63, 3.8) is 0 Å².